The van der Waals surface area contributed by atoms with Crippen LogP contribution in [0.2, 0.25) is 0 Å². The van der Waals surface area contributed by atoms with Crippen molar-refractivity contribution in [3.63, 3.8) is 0 Å². The second kappa shape index (κ2) is 9.76. The summed E-state index contributed by atoms with van der Waals surface area (Å²) in [6.07, 6.45) is 0.943. The highest BCUT2D eigenvalue weighted by Crippen LogP contribution is 2.19. The van der Waals surface area contributed by atoms with E-state index in [0.29, 0.717) is 23.6 Å². The van der Waals surface area contributed by atoms with Crippen LogP contribution in [0.15, 0.2) is 48.5 Å². The van der Waals surface area contributed by atoms with Crippen LogP contribution in [0, 0.1) is 5.92 Å². The Bertz CT molecular complexity index is 769. The average molecular weight is 368 g/mol. The molecule has 2 aromatic rings. The number of benzene rings is 2. The van der Waals surface area contributed by atoms with Crippen LogP contribution >= 0.6 is 0 Å². The van der Waals surface area contributed by atoms with E-state index in [0.717, 1.165) is 6.42 Å². The summed E-state index contributed by atoms with van der Waals surface area (Å²) in [5.41, 5.74) is 2.34. The third kappa shape index (κ3) is 5.58. The molecule has 0 unspecified atom stereocenters. The number of hydrogen-bond donors (Lipinski definition) is 2. The van der Waals surface area contributed by atoms with Crippen molar-refractivity contribution in [2.75, 3.05) is 11.9 Å². The van der Waals surface area contributed by atoms with Gasteiger partial charge in [0.2, 0.25) is 5.91 Å². The maximum absolute atomic E-state index is 12.7. The number of ether oxygens (including phenoxy) is 1. The largest absolute Gasteiger partial charge is 0.493 e. The lowest BCUT2D eigenvalue weighted by Crippen LogP contribution is -2.47. The molecule has 0 bridgehead atoms. The number of hydrogen-bond acceptors (Lipinski definition) is 3. The van der Waals surface area contributed by atoms with Crippen LogP contribution in [0.25, 0.3) is 0 Å². The predicted molar refractivity (Wildman–Crippen MR) is 108 cm³/mol. The van der Waals surface area contributed by atoms with Gasteiger partial charge < -0.3 is 15.4 Å². The van der Waals surface area contributed by atoms with Gasteiger partial charge in [-0.25, -0.2) is 0 Å². The minimum atomic E-state index is -0.655. The molecule has 0 aliphatic rings. The summed E-state index contributed by atoms with van der Waals surface area (Å²) in [6.45, 7) is 8.21. The van der Waals surface area contributed by atoms with Gasteiger partial charge in [-0.15, -0.1) is 0 Å². The molecule has 0 spiro atoms. The van der Waals surface area contributed by atoms with Gasteiger partial charge in [-0.1, -0.05) is 45.0 Å². The summed E-state index contributed by atoms with van der Waals surface area (Å²) >= 11 is 0. The monoisotopic (exact) mass is 368 g/mol. The van der Waals surface area contributed by atoms with Crippen LogP contribution in [0.1, 0.15) is 43.6 Å². The fourth-order valence-electron chi connectivity index (χ4n) is 2.73. The summed E-state index contributed by atoms with van der Waals surface area (Å²) in [5.74, 6) is -0.121. The molecule has 5 nitrogen and oxygen atoms in total. The highest BCUT2D eigenvalue weighted by Gasteiger charge is 2.26. The zero-order chi connectivity index (χ0) is 19.8. The smallest absolute Gasteiger partial charge is 0.255 e. The third-order valence-electron chi connectivity index (χ3n) is 4.30. The normalized spacial score (nSPS) is 11.7. The fourth-order valence-corrected chi connectivity index (χ4v) is 2.73. The maximum Gasteiger partial charge on any atom is 0.255 e. The summed E-state index contributed by atoms with van der Waals surface area (Å²) in [4.78, 5) is 25.5. The quantitative estimate of drug-likeness (QED) is 0.739. The fraction of sp³-hybridized carbons (Fsp3) is 0.364. The molecule has 1 atom stereocenters. The van der Waals surface area contributed by atoms with E-state index in [9.17, 15) is 9.59 Å². The van der Waals surface area contributed by atoms with Crippen molar-refractivity contribution in [1.29, 1.82) is 0 Å². The molecule has 144 valence electrons. The molecule has 27 heavy (non-hydrogen) atoms. The highest BCUT2D eigenvalue weighted by atomic mass is 16.5. The van der Waals surface area contributed by atoms with E-state index in [-0.39, 0.29) is 17.7 Å². The van der Waals surface area contributed by atoms with E-state index in [4.69, 9.17) is 4.74 Å². The molecule has 0 fully saturated rings. The minimum absolute atomic E-state index is 0.0666. The first-order valence-electron chi connectivity index (χ1n) is 9.38. The van der Waals surface area contributed by atoms with E-state index < -0.39 is 6.04 Å². The number of para-hydroxylation sites is 1. The Labute approximate surface area is 161 Å². The Morgan fingerprint density at radius 3 is 2.26 bits per heavy atom. The summed E-state index contributed by atoms with van der Waals surface area (Å²) in [5, 5.41) is 5.73. The summed E-state index contributed by atoms with van der Waals surface area (Å²) in [7, 11) is 0. The zero-order valence-electron chi connectivity index (χ0n) is 16.4. The highest BCUT2D eigenvalue weighted by molar-refractivity contribution is 6.02. The molecule has 2 amide bonds. The van der Waals surface area contributed by atoms with Crippen LogP contribution in [0.3, 0.4) is 0 Å². The Hall–Kier alpha value is -2.82. The standard InChI is InChI=1S/C22H28N2O3/c1-5-16-11-13-17(14-12-16)23-22(26)20(15(3)4)24-21(25)18-9-7-8-10-19(18)27-6-2/h7-15,20H,5-6H2,1-4H3,(H,23,26)(H,24,25)/t20-/m0/s1. The van der Waals surface area contributed by atoms with E-state index >= 15 is 0 Å². The van der Waals surface area contributed by atoms with Gasteiger partial charge in [0.15, 0.2) is 0 Å². The second-order valence-corrected chi connectivity index (χ2v) is 6.66. The third-order valence-corrected chi connectivity index (χ3v) is 4.30. The first kappa shape index (κ1) is 20.5. The Kier molecular flexibility index (Phi) is 7.41. The predicted octanol–water partition coefficient (Wildman–Crippen LogP) is 4.04. The van der Waals surface area contributed by atoms with Crippen molar-refractivity contribution in [3.05, 3.63) is 59.7 Å². The van der Waals surface area contributed by atoms with Gasteiger partial charge in [0, 0.05) is 5.69 Å². The SMILES string of the molecule is CCOc1ccccc1C(=O)N[C@H](C(=O)Nc1ccc(CC)cc1)C(C)C. The Morgan fingerprint density at radius 1 is 1.00 bits per heavy atom. The molecule has 0 saturated carbocycles. The van der Waals surface area contributed by atoms with Gasteiger partial charge in [-0.05, 0) is 49.1 Å². The molecule has 2 N–H and O–H groups in total. The lowest BCUT2D eigenvalue weighted by Gasteiger charge is -2.22. The van der Waals surface area contributed by atoms with Crippen molar-refractivity contribution in [1.82, 2.24) is 5.32 Å². The lowest BCUT2D eigenvalue weighted by molar-refractivity contribution is -0.118. The van der Waals surface area contributed by atoms with Crippen LogP contribution in [0.4, 0.5) is 5.69 Å². The molecule has 0 heterocycles. The van der Waals surface area contributed by atoms with E-state index in [1.54, 1.807) is 18.2 Å². The minimum Gasteiger partial charge on any atom is -0.493 e. The molecule has 5 heteroatoms. The Balaban J connectivity index is 2.12. The number of carbonyl (C=O) groups is 2. The number of rotatable bonds is 8. The van der Waals surface area contributed by atoms with Gasteiger partial charge >= 0.3 is 0 Å². The second-order valence-electron chi connectivity index (χ2n) is 6.66. The van der Waals surface area contributed by atoms with Gasteiger partial charge in [0.25, 0.3) is 5.91 Å². The molecule has 2 aromatic carbocycles. The first-order valence-corrected chi connectivity index (χ1v) is 9.38. The molecular weight excluding hydrogens is 340 g/mol. The average Bonchev–Trinajstić information content (AvgIpc) is 2.67. The molecular formula is C22H28N2O3. The maximum atomic E-state index is 12.7. The van der Waals surface area contributed by atoms with Crippen molar-refractivity contribution in [3.8, 4) is 5.75 Å². The van der Waals surface area contributed by atoms with E-state index in [1.165, 1.54) is 5.56 Å². The van der Waals surface area contributed by atoms with Gasteiger partial charge in [0.1, 0.15) is 11.8 Å². The molecule has 0 radical (unpaired) electrons. The zero-order valence-corrected chi connectivity index (χ0v) is 16.4. The number of carbonyl (C=O) groups excluding carboxylic acids is 2. The van der Waals surface area contributed by atoms with Crippen molar-refractivity contribution >= 4 is 17.5 Å². The van der Waals surface area contributed by atoms with Gasteiger partial charge in [-0.3, -0.25) is 9.59 Å². The van der Waals surface area contributed by atoms with Crippen molar-refractivity contribution in [2.45, 2.75) is 40.2 Å². The number of nitrogens with one attached hydrogen (secondary N) is 2. The first-order chi connectivity index (χ1) is 13.0. The number of amides is 2. The summed E-state index contributed by atoms with van der Waals surface area (Å²) in [6, 6.07) is 14.1. The van der Waals surface area contributed by atoms with Crippen molar-refractivity contribution < 1.29 is 14.3 Å². The number of anilines is 1. The van der Waals surface area contributed by atoms with E-state index in [2.05, 4.69) is 17.6 Å². The molecule has 0 aliphatic carbocycles. The van der Waals surface area contributed by atoms with Crippen LogP contribution in [-0.4, -0.2) is 24.5 Å². The lowest BCUT2D eigenvalue weighted by atomic mass is 10.0. The summed E-state index contributed by atoms with van der Waals surface area (Å²) < 4.78 is 5.52. The van der Waals surface area contributed by atoms with E-state index in [1.807, 2.05) is 51.1 Å². The molecule has 0 aromatic heterocycles. The van der Waals surface area contributed by atoms with Crippen LogP contribution < -0.4 is 15.4 Å². The van der Waals surface area contributed by atoms with Gasteiger partial charge in [0.05, 0.1) is 12.2 Å². The molecule has 2 rings (SSSR count). The molecule has 0 aliphatic heterocycles. The van der Waals surface area contributed by atoms with Crippen LogP contribution in [0.5, 0.6) is 5.75 Å². The Morgan fingerprint density at radius 2 is 1.67 bits per heavy atom. The number of aryl methyl sites for hydroxylation is 1. The topological polar surface area (TPSA) is 67.4 Å². The van der Waals surface area contributed by atoms with Crippen LogP contribution in [-0.2, 0) is 11.2 Å². The van der Waals surface area contributed by atoms with Crippen molar-refractivity contribution in [2.24, 2.45) is 5.92 Å². The van der Waals surface area contributed by atoms with Gasteiger partial charge in [-0.2, -0.15) is 0 Å². The molecule has 0 saturated heterocycles.